The number of rotatable bonds is 4. The molecule has 2 fully saturated rings. The Morgan fingerprint density at radius 1 is 0.885 bits per heavy atom. The number of fused-ring (bicyclic) bond motifs is 1. The maximum Gasteiger partial charge on any atom is 0.0678 e. The van der Waals surface area contributed by atoms with Crippen molar-refractivity contribution in [2.24, 2.45) is 5.92 Å². The van der Waals surface area contributed by atoms with E-state index in [-0.39, 0.29) is 0 Å². The summed E-state index contributed by atoms with van der Waals surface area (Å²) in [4.78, 5) is 5.27. The lowest BCUT2D eigenvalue weighted by Gasteiger charge is -2.39. The molecular weight excluding hydrogens is 320 g/mol. The number of ether oxygens (including phenoxy) is 1. The van der Waals surface area contributed by atoms with Gasteiger partial charge < -0.3 is 4.74 Å². The van der Waals surface area contributed by atoms with E-state index in [1.807, 2.05) is 0 Å². The third kappa shape index (κ3) is 4.28. The number of benzene rings is 2. The number of morpholine rings is 1. The van der Waals surface area contributed by atoms with E-state index in [0.717, 1.165) is 25.6 Å². The Kier molecular flexibility index (Phi) is 5.58. The molecule has 2 aliphatic heterocycles. The molecule has 0 aliphatic carbocycles. The van der Waals surface area contributed by atoms with Gasteiger partial charge in [0.05, 0.1) is 12.2 Å². The van der Waals surface area contributed by atoms with E-state index in [4.69, 9.17) is 4.74 Å². The van der Waals surface area contributed by atoms with Gasteiger partial charge in [0.2, 0.25) is 0 Å². The highest BCUT2D eigenvalue weighted by atomic mass is 16.5. The average molecular weight is 353 g/mol. The molecule has 2 unspecified atom stereocenters. The highest BCUT2D eigenvalue weighted by molar-refractivity contribution is 5.85. The Labute approximate surface area is 157 Å². The molecule has 3 heteroatoms. The van der Waals surface area contributed by atoms with Crippen LogP contribution >= 0.6 is 0 Å². The van der Waals surface area contributed by atoms with Gasteiger partial charge in [0, 0.05) is 26.2 Å². The van der Waals surface area contributed by atoms with Crippen molar-refractivity contribution >= 4 is 10.8 Å². The monoisotopic (exact) mass is 352 g/mol. The fourth-order valence-corrected chi connectivity index (χ4v) is 4.80. The minimum atomic E-state index is 0.380. The summed E-state index contributed by atoms with van der Waals surface area (Å²) in [5.41, 5.74) is 1.47. The Morgan fingerprint density at radius 3 is 2.35 bits per heavy atom. The molecule has 0 saturated carbocycles. The molecule has 0 aromatic heterocycles. The first-order valence-corrected chi connectivity index (χ1v) is 10.2. The predicted octanol–water partition coefficient (Wildman–Crippen LogP) is 4.16. The molecular formula is C23H32N2O. The summed E-state index contributed by atoms with van der Waals surface area (Å²) in [7, 11) is 0. The molecule has 26 heavy (non-hydrogen) atoms. The number of nitrogens with zero attached hydrogens (tertiary/aromatic N) is 2. The van der Waals surface area contributed by atoms with Gasteiger partial charge in [-0.25, -0.2) is 0 Å². The van der Waals surface area contributed by atoms with E-state index in [1.165, 1.54) is 48.8 Å². The first kappa shape index (κ1) is 18.0. The van der Waals surface area contributed by atoms with Crippen LogP contribution in [0.25, 0.3) is 10.8 Å². The number of likely N-dealkylation sites (tertiary alicyclic amines) is 1. The van der Waals surface area contributed by atoms with Crippen molar-refractivity contribution < 1.29 is 4.74 Å². The quantitative estimate of drug-likeness (QED) is 0.822. The normalized spacial score (nSPS) is 26.4. The fourth-order valence-electron chi connectivity index (χ4n) is 4.80. The van der Waals surface area contributed by atoms with Crippen LogP contribution in [0.1, 0.15) is 32.3 Å². The topological polar surface area (TPSA) is 15.7 Å². The standard InChI is InChI=1S/C23H32N2O/c1-18-14-25(15-19(2)26-18)16-20-10-12-24(13-11-20)17-22-8-5-7-21-6-3-4-9-23(21)22/h3-9,18-20H,10-17H2,1-2H3. The van der Waals surface area contributed by atoms with Gasteiger partial charge in [-0.3, -0.25) is 9.80 Å². The van der Waals surface area contributed by atoms with Gasteiger partial charge in [0.15, 0.2) is 0 Å². The van der Waals surface area contributed by atoms with Gasteiger partial charge in [-0.1, -0.05) is 42.5 Å². The van der Waals surface area contributed by atoms with Crippen LogP contribution in [-0.2, 0) is 11.3 Å². The van der Waals surface area contributed by atoms with E-state index >= 15 is 0 Å². The maximum atomic E-state index is 5.87. The SMILES string of the molecule is CC1CN(CC2CCN(Cc3cccc4ccccc34)CC2)CC(C)O1. The summed E-state index contributed by atoms with van der Waals surface area (Å²) in [6.07, 6.45) is 3.41. The number of hydrogen-bond acceptors (Lipinski definition) is 3. The lowest BCUT2D eigenvalue weighted by Crippen LogP contribution is -2.48. The Hall–Kier alpha value is -1.42. The Bertz CT molecular complexity index is 708. The van der Waals surface area contributed by atoms with E-state index < -0.39 is 0 Å². The minimum Gasteiger partial charge on any atom is -0.373 e. The molecule has 2 aromatic carbocycles. The molecule has 2 aliphatic rings. The Morgan fingerprint density at radius 2 is 1.58 bits per heavy atom. The average Bonchev–Trinajstić information content (AvgIpc) is 2.63. The van der Waals surface area contributed by atoms with Crippen molar-refractivity contribution in [1.82, 2.24) is 9.80 Å². The van der Waals surface area contributed by atoms with Crippen molar-refractivity contribution in [2.75, 3.05) is 32.7 Å². The van der Waals surface area contributed by atoms with Gasteiger partial charge in [-0.05, 0) is 62.0 Å². The fraction of sp³-hybridized carbons (Fsp3) is 0.565. The summed E-state index contributed by atoms with van der Waals surface area (Å²) < 4.78 is 5.87. The van der Waals surface area contributed by atoms with E-state index in [9.17, 15) is 0 Å². The highest BCUT2D eigenvalue weighted by Crippen LogP contribution is 2.24. The molecule has 2 aromatic rings. The molecule has 2 atom stereocenters. The zero-order chi connectivity index (χ0) is 17.9. The largest absolute Gasteiger partial charge is 0.373 e. The second kappa shape index (κ2) is 8.08. The smallest absolute Gasteiger partial charge is 0.0678 e. The summed E-state index contributed by atoms with van der Waals surface area (Å²) in [6, 6.07) is 15.5. The second-order valence-electron chi connectivity index (χ2n) is 8.33. The van der Waals surface area contributed by atoms with Crippen LogP contribution in [0.4, 0.5) is 0 Å². The van der Waals surface area contributed by atoms with Gasteiger partial charge in [0.25, 0.3) is 0 Å². The van der Waals surface area contributed by atoms with Crippen LogP contribution in [-0.4, -0.2) is 54.7 Å². The third-order valence-corrected chi connectivity index (χ3v) is 5.99. The van der Waals surface area contributed by atoms with Gasteiger partial charge in [-0.2, -0.15) is 0 Å². The number of hydrogen-bond donors (Lipinski definition) is 0. The molecule has 2 heterocycles. The first-order chi connectivity index (χ1) is 12.7. The van der Waals surface area contributed by atoms with Crippen LogP contribution < -0.4 is 0 Å². The molecule has 0 spiro atoms. The predicted molar refractivity (Wildman–Crippen MR) is 108 cm³/mol. The van der Waals surface area contributed by atoms with Crippen LogP contribution in [0.5, 0.6) is 0 Å². The van der Waals surface area contributed by atoms with Crippen molar-refractivity contribution in [2.45, 2.75) is 45.4 Å². The zero-order valence-corrected chi connectivity index (χ0v) is 16.2. The van der Waals surface area contributed by atoms with Crippen molar-refractivity contribution in [3.8, 4) is 0 Å². The van der Waals surface area contributed by atoms with Crippen LogP contribution in [0.3, 0.4) is 0 Å². The van der Waals surface area contributed by atoms with E-state index in [1.54, 1.807) is 0 Å². The molecule has 0 N–H and O–H groups in total. The van der Waals surface area contributed by atoms with E-state index in [0.29, 0.717) is 12.2 Å². The molecule has 4 rings (SSSR count). The van der Waals surface area contributed by atoms with E-state index in [2.05, 4.69) is 66.1 Å². The van der Waals surface area contributed by atoms with Crippen LogP contribution in [0, 0.1) is 5.92 Å². The third-order valence-electron chi connectivity index (χ3n) is 5.99. The van der Waals surface area contributed by atoms with Crippen LogP contribution in [0.2, 0.25) is 0 Å². The maximum absolute atomic E-state index is 5.87. The molecule has 0 radical (unpaired) electrons. The zero-order valence-electron chi connectivity index (χ0n) is 16.2. The lowest BCUT2D eigenvalue weighted by molar-refractivity contribution is -0.0732. The summed E-state index contributed by atoms with van der Waals surface area (Å²) >= 11 is 0. The summed E-state index contributed by atoms with van der Waals surface area (Å²) in [5.74, 6) is 0.844. The van der Waals surface area contributed by atoms with Gasteiger partial charge in [0.1, 0.15) is 0 Å². The molecule has 3 nitrogen and oxygen atoms in total. The highest BCUT2D eigenvalue weighted by Gasteiger charge is 2.26. The molecule has 2 saturated heterocycles. The minimum absolute atomic E-state index is 0.380. The molecule has 0 bridgehead atoms. The van der Waals surface area contributed by atoms with Gasteiger partial charge in [-0.15, -0.1) is 0 Å². The van der Waals surface area contributed by atoms with Crippen molar-refractivity contribution in [1.29, 1.82) is 0 Å². The Balaban J connectivity index is 1.31. The second-order valence-corrected chi connectivity index (χ2v) is 8.33. The molecule has 140 valence electrons. The summed E-state index contributed by atoms with van der Waals surface area (Å²) in [6.45, 7) is 11.4. The van der Waals surface area contributed by atoms with Gasteiger partial charge >= 0.3 is 0 Å². The first-order valence-electron chi connectivity index (χ1n) is 10.2. The molecule has 0 amide bonds. The van der Waals surface area contributed by atoms with Crippen molar-refractivity contribution in [3.05, 3.63) is 48.0 Å². The van der Waals surface area contributed by atoms with Crippen LogP contribution in [0.15, 0.2) is 42.5 Å². The summed E-state index contributed by atoms with van der Waals surface area (Å²) in [5, 5.41) is 2.77. The van der Waals surface area contributed by atoms with Crippen molar-refractivity contribution in [3.63, 3.8) is 0 Å². The number of piperidine rings is 1. The lowest BCUT2D eigenvalue weighted by atomic mass is 9.95.